The van der Waals surface area contributed by atoms with E-state index in [0.717, 1.165) is 26.0 Å². The Balaban J connectivity index is 2.07. The van der Waals surface area contributed by atoms with Crippen molar-refractivity contribution in [3.63, 3.8) is 0 Å². The molecule has 0 radical (unpaired) electrons. The highest BCUT2D eigenvalue weighted by Crippen LogP contribution is 2.29. The van der Waals surface area contributed by atoms with Crippen LogP contribution < -0.4 is 0 Å². The van der Waals surface area contributed by atoms with E-state index in [9.17, 15) is 0 Å². The largest absolute Gasteiger partial charge is 0.302 e. The summed E-state index contributed by atoms with van der Waals surface area (Å²) in [6.07, 6.45) is 5.56. The summed E-state index contributed by atoms with van der Waals surface area (Å²) in [4.78, 5) is 13.3. The molecule has 96 valence electrons. The zero-order chi connectivity index (χ0) is 13.4. The Hall–Kier alpha value is -1.40. The van der Waals surface area contributed by atoms with Gasteiger partial charge in [-0.25, -0.2) is 15.0 Å². The van der Waals surface area contributed by atoms with Gasteiger partial charge in [-0.1, -0.05) is 0 Å². The van der Waals surface area contributed by atoms with Gasteiger partial charge in [-0.2, -0.15) is 0 Å². The van der Waals surface area contributed by atoms with Gasteiger partial charge in [0.25, 0.3) is 0 Å². The van der Waals surface area contributed by atoms with Crippen LogP contribution in [0.4, 0.5) is 0 Å². The molecule has 0 fully saturated rings. The molecule has 3 aromatic rings. The molecule has 6 heteroatoms. The summed E-state index contributed by atoms with van der Waals surface area (Å²) in [6.45, 7) is 4.06. The maximum absolute atomic E-state index is 4.52. The van der Waals surface area contributed by atoms with Gasteiger partial charge < -0.3 is 4.40 Å². The smallest absolute Gasteiger partial charge is 0.170 e. The molecule has 0 amide bonds. The summed E-state index contributed by atoms with van der Waals surface area (Å²) in [7, 11) is 0. The standard InChI is InChI=1S/C13H11BrN4S/c1-8-5-9(2)16-11(6-8)19-13-12-15-3-4-18(12)7-10(14)17-13/h3-7H,1-2H3. The van der Waals surface area contributed by atoms with Crippen molar-refractivity contribution in [2.24, 2.45) is 0 Å². The molecule has 0 spiro atoms. The minimum Gasteiger partial charge on any atom is -0.302 e. The summed E-state index contributed by atoms with van der Waals surface area (Å²) in [5.41, 5.74) is 3.05. The number of aromatic nitrogens is 4. The molecule has 3 rings (SSSR count). The SMILES string of the molecule is Cc1cc(C)nc(Sc2nc(Br)cn3ccnc23)c1. The molecule has 0 unspecified atom stereocenters. The molecule has 0 aliphatic heterocycles. The maximum Gasteiger partial charge on any atom is 0.170 e. The lowest BCUT2D eigenvalue weighted by Crippen LogP contribution is -1.93. The summed E-state index contributed by atoms with van der Waals surface area (Å²) in [6, 6.07) is 4.11. The van der Waals surface area contributed by atoms with Gasteiger partial charge in [-0.15, -0.1) is 0 Å². The number of fused-ring (bicyclic) bond motifs is 1. The Kier molecular flexibility index (Phi) is 3.28. The second kappa shape index (κ2) is 4.94. The number of halogens is 1. The first kappa shape index (κ1) is 12.6. The highest BCUT2D eigenvalue weighted by atomic mass is 79.9. The summed E-state index contributed by atoms with van der Waals surface area (Å²) >= 11 is 4.95. The van der Waals surface area contributed by atoms with Crippen LogP contribution in [0.15, 0.2) is 45.4 Å². The minimum absolute atomic E-state index is 0.782. The lowest BCUT2D eigenvalue weighted by molar-refractivity contribution is 0.994. The van der Waals surface area contributed by atoms with Crippen LogP contribution >= 0.6 is 27.7 Å². The highest BCUT2D eigenvalue weighted by Gasteiger charge is 2.09. The molecule has 4 nitrogen and oxygen atoms in total. The second-order valence-corrected chi connectivity index (χ2v) is 6.07. The van der Waals surface area contributed by atoms with E-state index in [4.69, 9.17) is 0 Å². The average Bonchev–Trinajstić information content (AvgIpc) is 2.75. The van der Waals surface area contributed by atoms with Crippen LogP contribution in [0.5, 0.6) is 0 Å². The predicted molar refractivity (Wildman–Crippen MR) is 78.5 cm³/mol. The van der Waals surface area contributed by atoms with Gasteiger partial charge in [0.05, 0.1) is 0 Å². The zero-order valence-corrected chi connectivity index (χ0v) is 12.9. The van der Waals surface area contributed by atoms with Crippen LogP contribution in [-0.2, 0) is 0 Å². The number of hydrogen-bond donors (Lipinski definition) is 0. The summed E-state index contributed by atoms with van der Waals surface area (Å²) in [5.74, 6) is 0. The number of hydrogen-bond acceptors (Lipinski definition) is 4. The van der Waals surface area contributed by atoms with Crippen LogP contribution in [0.2, 0.25) is 0 Å². The van der Waals surface area contributed by atoms with Crippen molar-refractivity contribution in [1.29, 1.82) is 0 Å². The predicted octanol–water partition coefficient (Wildman–Crippen LogP) is 3.65. The van der Waals surface area contributed by atoms with Crippen molar-refractivity contribution in [2.75, 3.05) is 0 Å². The zero-order valence-electron chi connectivity index (χ0n) is 10.5. The molecule has 0 N–H and O–H groups in total. The topological polar surface area (TPSA) is 43.1 Å². The molecule has 0 aromatic carbocycles. The summed E-state index contributed by atoms with van der Waals surface area (Å²) < 4.78 is 2.73. The van der Waals surface area contributed by atoms with E-state index in [1.54, 1.807) is 6.20 Å². The monoisotopic (exact) mass is 334 g/mol. The van der Waals surface area contributed by atoms with E-state index < -0.39 is 0 Å². The Morgan fingerprint density at radius 2 is 2.05 bits per heavy atom. The number of aryl methyl sites for hydroxylation is 2. The van der Waals surface area contributed by atoms with E-state index in [1.807, 2.05) is 23.7 Å². The van der Waals surface area contributed by atoms with Crippen LogP contribution in [0.1, 0.15) is 11.3 Å². The lowest BCUT2D eigenvalue weighted by Gasteiger charge is -2.05. The van der Waals surface area contributed by atoms with Gasteiger partial charge in [0.1, 0.15) is 14.7 Å². The first-order chi connectivity index (χ1) is 9.11. The normalized spacial score (nSPS) is 11.1. The lowest BCUT2D eigenvalue weighted by atomic mass is 10.3. The van der Waals surface area contributed by atoms with Crippen molar-refractivity contribution in [3.8, 4) is 0 Å². The second-order valence-electron chi connectivity index (χ2n) is 4.25. The van der Waals surface area contributed by atoms with Crippen LogP contribution in [-0.4, -0.2) is 19.4 Å². The molecule has 19 heavy (non-hydrogen) atoms. The third-order valence-corrected chi connectivity index (χ3v) is 3.86. The van der Waals surface area contributed by atoms with Gasteiger partial charge >= 0.3 is 0 Å². The Morgan fingerprint density at radius 1 is 1.21 bits per heavy atom. The first-order valence-corrected chi connectivity index (χ1v) is 7.35. The molecule has 0 aliphatic carbocycles. The fourth-order valence-corrected chi connectivity index (χ4v) is 3.44. The fourth-order valence-electron chi connectivity index (χ4n) is 1.90. The average molecular weight is 335 g/mol. The van der Waals surface area contributed by atoms with Crippen LogP contribution in [0.25, 0.3) is 5.65 Å². The molecule has 3 heterocycles. The van der Waals surface area contributed by atoms with Gasteiger partial charge in [-0.3, -0.25) is 0 Å². The summed E-state index contributed by atoms with van der Waals surface area (Å²) in [5, 5.41) is 1.78. The third kappa shape index (κ3) is 2.64. The van der Waals surface area contributed by atoms with E-state index in [0.29, 0.717) is 0 Å². The molecule has 0 saturated heterocycles. The molecular formula is C13H11BrN4S. The quantitative estimate of drug-likeness (QED) is 0.717. The van der Waals surface area contributed by atoms with Crippen molar-refractivity contribution >= 4 is 33.3 Å². The number of nitrogens with zero attached hydrogens (tertiary/aromatic N) is 4. The highest BCUT2D eigenvalue weighted by molar-refractivity contribution is 9.10. The van der Waals surface area contributed by atoms with E-state index >= 15 is 0 Å². The molecule has 0 bridgehead atoms. The Labute approximate surface area is 123 Å². The molecular weight excluding hydrogens is 324 g/mol. The molecule has 0 aliphatic rings. The van der Waals surface area contributed by atoms with Crippen molar-refractivity contribution < 1.29 is 0 Å². The van der Waals surface area contributed by atoms with E-state index in [2.05, 4.69) is 49.9 Å². The maximum atomic E-state index is 4.52. The van der Waals surface area contributed by atoms with E-state index in [-0.39, 0.29) is 0 Å². The Morgan fingerprint density at radius 3 is 2.84 bits per heavy atom. The van der Waals surface area contributed by atoms with Crippen molar-refractivity contribution in [3.05, 3.63) is 46.6 Å². The minimum atomic E-state index is 0.782. The number of pyridine rings is 1. The van der Waals surface area contributed by atoms with Gasteiger partial charge in [0.15, 0.2) is 5.65 Å². The molecule has 0 atom stereocenters. The van der Waals surface area contributed by atoms with Crippen LogP contribution in [0, 0.1) is 13.8 Å². The number of imidazole rings is 1. The third-order valence-electron chi connectivity index (χ3n) is 2.59. The van der Waals surface area contributed by atoms with Gasteiger partial charge in [0.2, 0.25) is 0 Å². The van der Waals surface area contributed by atoms with E-state index in [1.165, 1.54) is 17.3 Å². The fraction of sp³-hybridized carbons (Fsp3) is 0.154. The Bertz CT molecular complexity index is 733. The van der Waals surface area contributed by atoms with Crippen molar-refractivity contribution in [2.45, 2.75) is 23.9 Å². The van der Waals surface area contributed by atoms with Crippen molar-refractivity contribution in [1.82, 2.24) is 19.4 Å². The molecule has 3 aromatic heterocycles. The first-order valence-electron chi connectivity index (χ1n) is 5.74. The number of rotatable bonds is 2. The van der Waals surface area contributed by atoms with Gasteiger partial charge in [-0.05, 0) is 59.2 Å². The van der Waals surface area contributed by atoms with Gasteiger partial charge in [0, 0.05) is 24.3 Å². The molecule has 0 saturated carbocycles. The van der Waals surface area contributed by atoms with Crippen LogP contribution in [0.3, 0.4) is 0 Å².